The van der Waals surface area contributed by atoms with Crippen LogP contribution in [0.15, 0.2) is 42.5 Å². The first-order chi connectivity index (χ1) is 15.3. The Hall–Kier alpha value is -3.42. The maximum atomic E-state index is 13.6. The molecule has 3 aromatic rings. The van der Waals surface area contributed by atoms with Crippen molar-refractivity contribution in [3.05, 3.63) is 53.9 Å². The zero-order chi connectivity index (χ0) is 22.9. The molecule has 1 fully saturated rings. The molecule has 1 aromatic carbocycles. The highest BCUT2D eigenvalue weighted by atomic mass is 16.6. The highest BCUT2D eigenvalue weighted by Crippen LogP contribution is 2.26. The SMILES string of the molecule is CCOC(=O)N1CCN(C(=O)c2cc(-c3ccccc3)nc3cc(C(C)(C)C)nn23)CC1. The smallest absolute Gasteiger partial charge is 0.409 e. The van der Waals surface area contributed by atoms with Crippen LogP contribution in [0.3, 0.4) is 0 Å². The number of hydrogen-bond donors (Lipinski definition) is 0. The second-order valence-corrected chi connectivity index (χ2v) is 8.92. The second-order valence-electron chi connectivity index (χ2n) is 8.92. The van der Waals surface area contributed by atoms with E-state index in [9.17, 15) is 9.59 Å². The van der Waals surface area contributed by atoms with Crippen molar-refractivity contribution < 1.29 is 14.3 Å². The third-order valence-electron chi connectivity index (χ3n) is 5.58. The molecule has 1 aliphatic rings. The molecule has 8 heteroatoms. The predicted octanol–water partition coefficient (Wildman–Crippen LogP) is 3.61. The summed E-state index contributed by atoms with van der Waals surface area (Å²) in [5, 5.41) is 4.72. The van der Waals surface area contributed by atoms with Crippen molar-refractivity contribution in [3.8, 4) is 11.3 Å². The van der Waals surface area contributed by atoms with E-state index >= 15 is 0 Å². The number of nitrogens with zero attached hydrogens (tertiary/aromatic N) is 5. The Morgan fingerprint density at radius 2 is 1.66 bits per heavy atom. The summed E-state index contributed by atoms with van der Waals surface area (Å²) in [6.45, 7) is 10.1. The lowest BCUT2D eigenvalue weighted by Gasteiger charge is -2.34. The van der Waals surface area contributed by atoms with Crippen LogP contribution in [-0.2, 0) is 10.2 Å². The number of piperazine rings is 1. The third-order valence-corrected chi connectivity index (χ3v) is 5.58. The summed E-state index contributed by atoms with van der Waals surface area (Å²) in [6, 6.07) is 13.6. The molecular weight excluding hydrogens is 406 g/mol. The molecule has 4 rings (SSSR count). The van der Waals surface area contributed by atoms with Gasteiger partial charge < -0.3 is 14.5 Å². The van der Waals surface area contributed by atoms with E-state index in [1.54, 1.807) is 21.2 Å². The van der Waals surface area contributed by atoms with E-state index in [0.717, 1.165) is 17.0 Å². The van der Waals surface area contributed by atoms with Crippen molar-refractivity contribution >= 4 is 17.6 Å². The topological polar surface area (TPSA) is 80.0 Å². The summed E-state index contributed by atoms with van der Waals surface area (Å²) >= 11 is 0. The van der Waals surface area contributed by atoms with Crippen molar-refractivity contribution in [3.63, 3.8) is 0 Å². The molecule has 2 amide bonds. The number of fused-ring (bicyclic) bond motifs is 1. The zero-order valence-corrected chi connectivity index (χ0v) is 19.0. The van der Waals surface area contributed by atoms with Gasteiger partial charge in [-0.25, -0.2) is 14.3 Å². The highest BCUT2D eigenvalue weighted by Gasteiger charge is 2.28. The summed E-state index contributed by atoms with van der Waals surface area (Å²) in [6.07, 6.45) is -0.334. The molecular formula is C24H29N5O3. The fourth-order valence-electron chi connectivity index (χ4n) is 3.72. The van der Waals surface area contributed by atoms with Crippen molar-refractivity contribution in [2.45, 2.75) is 33.1 Å². The number of hydrogen-bond acceptors (Lipinski definition) is 5. The number of carbonyl (C=O) groups is 2. The van der Waals surface area contributed by atoms with Crippen LogP contribution in [0.2, 0.25) is 0 Å². The van der Waals surface area contributed by atoms with Crippen LogP contribution in [0.5, 0.6) is 0 Å². The molecule has 8 nitrogen and oxygen atoms in total. The van der Waals surface area contributed by atoms with Gasteiger partial charge in [-0.15, -0.1) is 0 Å². The molecule has 3 heterocycles. The molecule has 0 unspecified atom stereocenters. The van der Waals surface area contributed by atoms with Crippen LogP contribution in [0.25, 0.3) is 16.9 Å². The van der Waals surface area contributed by atoms with Crippen LogP contribution >= 0.6 is 0 Å². The van der Waals surface area contributed by atoms with Gasteiger partial charge >= 0.3 is 6.09 Å². The first-order valence-corrected chi connectivity index (χ1v) is 11.0. The molecule has 32 heavy (non-hydrogen) atoms. The maximum absolute atomic E-state index is 13.6. The minimum atomic E-state index is -0.334. The summed E-state index contributed by atoms with van der Waals surface area (Å²) in [5.74, 6) is -0.123. The maximum Gasteiger partial charge on any atom is 0.409 e. The number of rotatable bonds is 3. The van der Waals surface area contributed by atoms with Crippen molar-refractivity contribution in [2.24, 2.45) is 0 Å². The fourth-order valence-corrected chi connectivity index (χ4v) is 3.72. The van der Waals surface area contributed by atoms with Gasteiger partial charge in [-0.3, -0.25) is 4.79 Å². The molecule has 0 atom stereocenters. The lowest BCUT2D eigenvalue weighted by Crippen LogP contribution is -2.51. The zero-order valence-electron chi connectivity index (χ0n) is 19.0. The number of benzene rings is 1. The summed E-state index contributed by atoms with van der Waals surface area (Å²) in [7, 11) is 0. The first kappa shape index (κ1) is 21.8. The molecule has 168 valence electrons. The van der Waals surface area contributed by atoms with Crippen LogP contribution in [0.4, 0.5) is 4.79 Å². The molecule has 0 radical (unpaired) electrons. The summed E-state index contributed by atoms with van der Waals surface area (Å²) in [4.78, 5) is 33.7. The van der Waals surface area contributed by atoms with E-state index in [1.807, 2.05) is 42.5 Å². The Bertz CT molecular complexity index is 1130. The normalized spacial score (nSPS) is 14.6. The van der Waals surface area contributed by atoms with Gasteiger partial charge in [0.25, 0.3) is 5.91 Å². The molecule has 0 bridgehead atoms. The third kappa shape index (κ3) is 4.30. The standard InChI is InChI=1S/C24H29N5O3/c1-5-32-23(31)28-13-11-27(12-14-28)22(30)19-15-18(17-9-7-6-8-10-17)25-21-16-20(24(2,3)4)26-29(19)21/h6-10,15-16H,5,11-14H2,1-4H3. The van der Waals surface area contributed by atoms with Crippen molar-refractivity contribution in [2.75, 3.05) is 32.8 Å². The largest absolute Gasteiger partial charge is 0.450 e. The lowest BCUT2D eigenvalue weighted by atomic mass is 9.93. The van der Waals surface area contributed by atoms with Crippen molar-refractivity contribution in [1.29, 1.82) is 0 Å². The Morgan fingerprint density at radius 3 is 2.28 bits per heavy atom. The van der Waals surface area contributed by atoms with E-state index in [1.165, 1.54) is 0 Å². The van der Waals surface area contributed by atoms with Gasteiger partial charge in [-0.05, 0) is 13.0 Å². The van der Waals surface area contributed by atoms with E-state index < -0.39 is 0 Å². The van der Waals surface area contributed by atoms with Crippen LogP contribution in [0, 0.1) is 0 Å². The van der Waals surface area contributed by atoms with Crippen LogP contribution < -0.4 is 0 Å². The fraction of sp³-hybridized carbons (Fsp3) is 0.417. The minimum absolute atomic E-state index is 0.123. The highest BCUT2D eigenvalue weighted by molar-refractivity contribution is 5.94. The summed E-state index contributed by atoms with van der Waals surface area (Å²) < 4.78 is 6.73. The molecule has 0 spiro atoms. The van der Waals surface area contributed by atoms with Gasteiger partial charge in [0.15, 0.2) is 5.65 Å². The van der Waals surface area contributed by atoms with Gasteiger partial charge in [0.2, 0.25) is 0 Å². The number of amides is 2. The molecule has 2 aromatic heterocycles. The van der Waals surface area contributed by atoms with Gasteiger partial charge in [0.1, 0.15) is 5.69 Å². The molecule has 0 N–H and O–H groups in total. The van der Waals surface area contributed by atoms with E-state index in [2.05, 4.69) is 20.8 Å². The second kappa shape index (κ2) is 8.61. The average molecular weight is 436 g/mol. The molecule has 0 aliphatic carbocycles. The van der Waals surface area contributed by atoms with Crippen molar-refractivity contribution in [1.82, 2.24) is 24.4 Å². The number of aromatic nitrogens is 3. The van der Waals surface area contributed by atoms with Crippen LogP contribution in [-0.4, -0.2) is 69.2 Å². The predicted molar refractivity (Wildman–Crippen MR) is 122 cm³/mol. The number of carbonyl (C=O) groups excluding carboxylic acids is 2. The van der Waals surface area contributed by atoms with Gasteiger partial charge in [0, 0.05) is 43.2 Å². The van der Waals surface area contributed by atoms with Gasteiger partial charge in [-0.1, -0.05) is 51.1 Å². The van der Waals surface area contributed by atoms with E-state index in [0.29, 0.717) is 44.1 Å². The Labute approximate surface area is 187 Å². The van der Waals surface area contributed by atoms with E-state index in [-0.39, 0.29) is 17.4 Å². The Morgan fingerprint density at radius 1 is 1.00 bits per heavy atom. The molecule has 1 saturated heterocycles. The Kier molecular flexibility index (Phi) is 5.86. The average Bonchev–Trinajstić information content (AvgIpc) is 3.24. The lowest BCUT2D eigenvalue weighted by molar-refractivity contribution is 0.0563. The minimum Gasteiger partial charge on any atom is -0.450 e. The number of ether oxygens (including phenoxy) is 1. The van der Waals surface area contributed by atoms with Gasteiger partial charge in [0.05, 0.1) is 18.0 Å². The monoisotopic (exact) mass is 435 g/mol. The van der Waals surface area contributed by atoms with E-state index in [4.69, 9.17) is 14.8 Å². The molecule has 0 saturated carbocycles. The van der Waals surface area contributed by atoms with Crippen LogP contribution in [0.1, 0.15) is 43.9 Å². The summed E-state index contributed by atoms with van der Waals surface area (Å²) in [5.41, 5.74) is 3.48. The molecule has 1 aliphatic heterocycles. The van der Waals surface area contributed by atoms with Gasteiger partial charge in [-0.2, -0.15) is 5.10 Å². The quantitative estimate of drug-likeness (QED) is 0.628. The first-order valence-electron chi connectivity index (χ1n) is 11.0. The Balaban J connectivity index is 1.69.